The van der Waals surface area contributed by atoms with Crippen LogP contribution >= 0.6 is 0 Å². The molecular weight excluding hydrogens is 200 g/mol. The third-order valence-electron chi connectivity index (χ3n) is 2.86. The van der Waals surface area contributed by atoms with Crippen molar-refractivity contribution in [1.82, 2.24) is 9.55 Å². The van der Waals surface area contributed by atoms with Crippen LogP contribution in [-0.4, -0.2) is 22.1 Å². The van der Waals surface area contributed by atoms with Crippen LogP contribution in [0.1, 0.15) is 0 Å². The van der Waals surface area contributed by atoms with Crippen LogP contribution in [0.4, 0.5) is 5.95 Å². The minimum atomic E-state index is 0.157. The maximum absolute atomic E-state index is 5.94. The number of hydrogen-bond donors (Lipinski definition) is 2. The zero-order chi connectivity index (χ0) is 11.0. The van der Waals surface area contributed by atoms with Crippen LogP contribution < -0.4 is 11.1 Å². The fraction of sp³-hybridized carbons (Fsp3) is 0.250. The first kappa shape index (κ1) is 9.42. The summed E-state index contributed by atoms with van der Waals surface area (Å²) in [5, 5.41) is 3.23. The van der Waals surface area contributed by atoms with Crippen molar-refractivity contribution in [2.45, 2.75) is 12.6 Å². The van der Waals surface area contributed by atoms with Gasteiger partial charge in [0.15, 0.2) is 0 Å². The average Bonchev–Trinajstić information content (AvgIpc) is 2.73. The fourth-order valence-corrected chi connectivity index (χ4v) is 2.06. The predicted octanol–water partition coefficient (Wildman–Crippen LogP) is 1.30. The van der Waals surface area contributed by atoms with E-state index in [0.29, 0.717) is 0 Å². The highest BCUT2D eigenvalue weighted by atomic mass is 15.2. The van der Waals surface area contributed by atoms with E-state index in [1.54, 1.807) is 0 Å². The summed E-state index contributed by atoms with van der Waals surface area (Å²) in [6.45, 7) is 1.62. The van der Waals surface area contributed by atoms with Gasteiger partial charge in [-0.05, 0) is 5.56 Å². The van der Waals surface area contributed by atoms with Gasteiger partial charge >= 0.3 is 0 Å². The van der Waals surface area contributed by atoms with Gasteiger partial charge in [-0.15, -0.1) is 0 Å². The summed E-state index contributed by atoms with van der Waals surface area (Å²) in [6, 6.07) is 10.4. The van der Waals surface area contributed by atoms with Crippen LogP contribution in [0.2, 0.25) is 0 Å². The number of nitrogens with two attached hydrogens (primary N) is 1. The molecule has 1 aromatic heterocycles. The molecule has 16 heavy (non-hydrogen) atoms. The Bertz CT molecular complexity index is 489. The van der Waals surface area contributed by atoms with E-state index in [4.69, 9.17) is 5.73 Å². The summed E-state index contributed by atoms with van der Waals surface area (Å²) in [7, 11) is 0. The molecule has 0 aliphatic carbocycles. The summed E-state index contributed by atoms with van der Waals surface area (Å²) in [5.74, 6) is 0.917. The molecule has 2 aromatic rings. The van der Waals surface area contributed by atoms with Gasteiger partial charge in [0.2, 0.25) is 5.95 Å². The maximum atomic E-state index is 5.94. The Kier molecular flexibility index (Phi) is 2.15. The van der Waals surface area contributed by atoms with Gasteiger partial charge in [0, 0.05) is 19.1 Å². The first-order chi connectivity index (χ1) is 7.84. The minimum Gasteiger partial charge on any atom is -0.354 e. The third-order valence-corrected chi connectivity index (χ3v) is 2.86. The van der Waals surface area contributed by atoms with Crippen molar-refractivity contribution in [3.63, 3.8) is 0 Å². The molecule has 4 heteroatoms. The van der Waals surface area contributed by atoms with Crippen molar-refractivity contribution >= 4 is 5.95 Å². The van der Waals surface area contributed by atoms with Gasteiger partial charge in [-0.1, -0.05) is 30.3 Å². The van der Waals surface area contributed by atoms with E-state index in [-0.39, 0.29) is 6.04 Å². The average molecular weight is 214 g/mol. The lowest BCUT2D eigenvalue weighted by Crippen LogP contribution is -2.38. The lowest BCUT2D eigenvalue weighted by atomic mass is 10.1. The molecule has 0 saturated heterocycles. The Hall–Kier alpha value is -1.81. The highest BCUT2D eigenvalue weighted by Gasteiger charge is 2.18. The van der Waals surface area contributed by atoms with Crippen LogP contribution in [0, 0.1) is 0 Å². The van der Waals surface area contributed by atoms with Crippen LogP contribution in [-0.2, 0) is 6.54 Å². The number of fused-ring (bicyclic) bond motifs is 1. The van der Waals surface area contributed by atoms with Crippen molar-refractivity contribution in [2.24, 2.45) is 5.73 Å². The van der Waals surface area contributed by atoms with Crippen molar-refractivity contribution < 1.29 is 0 Å². The third kappa shape index (κ3) is 1.47. The molecule has 4 nitrogen and oxygen atoms in total. The lowest BCUT2D eigenvalue weighted by molar-refractivity contribution is 0.546. The molecule has 0 amide bonds. The summed E-state index contributed by atoms with van der Waals surface area (Å²) < 4.78 is 2.14. The molecular formula is C12H14N4. The molecule has 82 valence electrons. The number of benzene rings is 1. The van der Waals surface area contributed by atoms with Gasteiger partial charge in [-0.2, -0.15) is 0 Å². The van der Waals surface area contributed by atoms with Crippen molar-refractivity contribution in [3.05, 3.63) is 36.5 Å². The van der Waals surface area contributed by atoms with Gasteiger partial charge < -0.3 is 15.6 Å². The van der Waals surface area contributed by atoms with Crippen LogP contribution in [0.15, 0.2) is 36.5 Å². The van der Waals surface area contributed by atoms with E-state index < -0.39 is 0 Å². The molecule has 1 aliphatic heterocycles. The monoisotopic (exact) mass is 214 g/mol. The van der Waals surface area contributed by atoms with E-state index in [1.165, 1.54) is 5.56 Å². The first-order valence-corrected chi connectivity index (χ1v) is 5.45. The summed E-state index contributed by atoms with van der Waals surface area (Å²) in [4.78, 5) is 4.36. The lowest BCUT2D eigenvalue weighted by Gasteiger charge is -2.23. The Morgan fingerprint density at radius 1 is 1.31 bits per heavy atom. The van der Waals surface area contributed by atoms with E-state index in [1.807, 2.05) is 24.4 Å². The number of nitrogens with zero attached hydrogens (tertiary/aromatic N) is 2. The molecule has 0 fully saturated rings. The molecule has 2 heterocycles. The number of nitrogens with one attached hydrogen (secondary N) is 1. The van der Waals surface area contributed by atoms with Crippen molar-refractivity contribution in [3.8, 4) is 11.3 Å². The fourth-order valence-electron chi connectivity index (χ4n) is 2.06. The smallest absolute Gasteiger partial charge is 0.203 e. The Balaban J connectivity index is 2.07. The van der Waals surface area contributed by atoms with E-state index in [2.05, 4.69) is 27.0 Å². The highest BCUT2D eigenvalue weighted by Crippen LogP contribution is 2.24. The molecule has 0 bridgehead atoms. The van der Waals surface area contributed by atoms with Crippen molar-refractivity contribution in [1.29, 1.82) is 0 Å². The van der Waals surface area contributed by atoms with Gasteiger partial charge in [0.25, 0.3) is 0 Å². The normalized spacial score (nSPS) is 18.9. The number of aromatic nitrogens is 2. The Morgan fingerprint density at radius 3 is 2.94 bits per heavy atom. The molecule has 1 aliphatic rings. The van der Waals surface area contributed by atoms with Gasteiger partial charge in [0.05, 0.1) is 11.9 Å². The predicted molar refractivity (Wildman–Crippen MR) is 64.1 cm³/mol. The Morgan fingerprint density at radius 2 is 2.12 bits per heavy atom. The molecule has 1 unspecified atom stereocenters. The second-order valence-corrected chi connectivity index (χ2v) is 4.08. The zero-order valence-corrected chi connectivity index (χ0v) is 8.93. The molecule has 0 saturated carbocycles. The number of anilines is 1. The second kappa shape index (κ2) is 3.64. The number of rotatable bonds is 1. The van der Waals surface area contributed by atoms with Gasteiger partial charge in [-0.25, -0.2) is 4.98 Å². The van der Waals surface area contributed by atoms with Crippen LogP contribution in [0.25, 0.3) is 11.3 Å². The van der Waals surface area contributed by atoms with E-state index >= 15 is 0 Å². The topological polar surface area (TPSA) is 55.9 Å². The van der Waals surface area contributed by atoms with Gasteiger partial charge in [-0.3, -0.25) is 0 Å². The summed E-state index contributed by atoms with van der Waals surface area (Å²) >= 11 is 0. The molecule has 3 N–H and O–H groups in total. The van der Waals surface area contributed by atoms with Crippen molar-refractivity contribution in [2.75, 3.05) is 11.9 Å². The largest absolute Gasteiger partial charge is 0.354 e. The second-order valence-electron chi connectivity index (χ2n) is 4.08. The Labute approximate surface area is 94.1 Å². The standard InChI is InChI=1S/C12H14N4/c13-10-6-14-12-15-7-11(16(12)8-10)9-4-2-1-3-5-9/h1-5,7,10H,6,8,13H2,(H,14,15). The summed E-state index contributed by atoms with van der Waals surface area (Å²) in [6.07, 6.45) is 1.90. The maximum Gasteiger partial charge on any atom is 0.203 e. The van der Waals surface area contributed by atoms with E-state index in [9.17, 15) is 0 Å². The zero-order valence-electron chi connectivity index (χ0n) is 8.93. The summed E-state index contributed by atoms with van der Waals surface area (Å²) in [5.41, 5.74) is 8.25. The molecule has 0 spiro atoms. The first-order valence-electron chi connectivity index (χ1n) is 5.45. The van der Waals surface area contributed by atoms with Gasteiger partial charge in [0.1, 0.15) is 0 Å². The molecule has 3 rings (SSSR count). The van der Waals surface area contributed by atoms with E-state index in [0.717, 1.165) is 24.7 Å². The highest BCUT2D eigenvalue weighted by molar-refractivity contribution is 5.61. The quantitative estimate of drug-likeness (QED) is 0.752. The SMILES string of the molecule is NC1CNc2ncc(-c3ccccc3)n2C1. The molecule has 1 aromatic carbocycles. The number of hydrogen-bond acceptors (Lipinski definition) is 3. The molecule has 1 atom stereocenters. The molecule has 0 radical (unpaired) electrons. The van der Waals surface area contributed by atoms with Crippen LogP contribution in [0.5, 0.6) is 0 Å². The minimum absolute atomic E-state index is 0.157. The van der Waals surface area contributed by atoms with Crippen LogP contribution in [0.3, 0.4) is 0 Å². The number of imidazole rings is 1.